The fourth-order valence-electron chi connectivity index (χ4n) is 3.82. The number of amides is 2. The molecule has 0 fully saturated rings. The van der Waals surface area contributed by atoms with Crippen molar-refractivity contribution < 1.29 is 9.59 Å². The van der Waals surface area contributed by atoms with Gasteiger partial charge in [0.25, 0.3) is 5.56 Å². The predicted molar refractivity (Wildman–Crippen MR) is 131 cm³/mol. The fraction of sp³-hybridized carbons (Fsp3) is 0.292. The summed E-state index contributed by atoms with van der Waals surface area (Å²) in [6.07, 6.45) is 0.541. The zero-order valence-electron chi connectivity index (χ0n) is 19.1. The number of hydrogen-bond donors (Lipinski definition) is 2. The molecule has 0 bridgehead atoms. The van der Waals surface area contributed by atoms with Crippen LogP contribution in [0.5, 0.6) is 0 Å². The quantitative estimate of drug-likeness (QED) is 0.422. The van der Waals surface area contributed by atoms with Crippen LogP contribution in [0, 0.1) is 6.92 Å². The van der Waals surface area contributed by atoms with Gasteiger partial charge in [-0.15, -0.1) is 10.2 Å². The number of nitrogens with zero attached hydrogens (tertiary/aromatic N) is 4. The first-order valence-corrected chi connectivity index (χ1v) is 11.3. The first-order valence-electron chi connectivity index (χ1n) is 11.0. The monoisotopic (exact) mass is 480 g/mol. The molecule has 0 aliphatic carbocycles. The van der Waals surface area contributed by atoms with Gasteiger partial charge in [-0.25, -0.2) is 0 Å². The Balaban J connectivity index is 1.69. The van der Waals surface area contributed by atoms with E-state index in [-0.39, 0.29) is 36.5 Å². The van der Waals surface area contributed by atoms with Crippen LogP contribution in [0.15, 0.2) is 47.3 Å². The SMILES string of the molecule is Cc1ccc(Cl)cc1NC(=O)Cn1c(=O)c2nnc(CCC(=O)NC(C)C)n2c2ccccc21. The Morgan fingerprint density at radius 1 is 1.06 bits per heavy atom. The molecule has 4 aromatic rings. The minimum absolute atomic E-state index is 0.0394. The summed E-state index contributed by atoms with van der Waals surface area (Å²) in [5.74, 6) is 0.0396. The maximum absolute atomic E-state index is 13.3. The van der Waals surface area contributed by atoms with E-state index >= 15 is 0 Å². The zero-order chi connectivity index (χ0) is 24.4. The van der Waals surface area contributed by atoms with Crippen molar-refractivity contribution in [1.29, 1.82) is 0 Å². The molecule has 0 spiro atoms. The Morgan fingerprint density at radius 3 is 2.53 bits per heavy atom. The van der Waals surface area contributed by atoms with Gasteiger partial charge in [0.1, 0.15) is 12.4 Å². The average Bonchev–Trinajstić information content (AvgIpc) is 3.22. The maximum atomic E-state index is 13.3. The molecule has 0 unspecified atom stereocenters. The third-order valence-corrected chi connectivity index (χ3v) is 5.62. The van der Waals surface area contributed by atoms with E-state index in [1.165, 1.54) is 4.57 Å². The van der Waals surface area contributed by atoms with Crippen LogP contribution in [0.1, 0.15) is 31.7 Å². The summed E-state index contributed by atoms with van der Waals surface area (Å²) in [5.41, 5.74) is 2.33. The van der Waals surface area contributed by atoms with Crippen molar-refractivity contribution in [2.45, 2.75) is 46.2 Å². The highest BCUT2D eigenvalue weighted by Gasteiger charge is 2.19. The summed E-state index contributed by atoms with van der Waals surface area (Å²) >= 11 is 6.05. The van der Waals surface area contributed by atoms with Crippen molar-refractivity contribution in [3.63, 3.8) is 0 Å². The van der Waals surface area contributed by atoms with Crippen molar-refractivity contribution >= 4 is 45.8 Å². The van der Waals surface area contributed by atoms with E-state index in [2.05, 4.69) is 20.8 Å². The van der Waals surface area contributed by atoms with Crippen LogP contribution in [-0.2, 0) is 22.6 Å². The molecule has 2 amide bonds. The smallest absolute Gasteiger partial charge is 0.297 e. The van der Waals surface area contributed by atoms with Gasteiger partial charge in [-0.2, -0.15) is 0 Å². The number of fused-ring (bicyclic) bond motifs is 3. The molecule has 2 N–H and O–H groups in total. The molecule has 2 aromatic carbocycles. The van der Waals surface area contributed by atoms with Crippen LogP contribution < -0.4 is 16.2 Å². The summed E-state index contributed by atoms with van der Waals surface area (Å²) in [6, 6.07) is 12.5. The summed E-state index contributed by atoms with van der Waals surface area (Å²) in [4.78, 5) is 38.3. The molecule has 0 atom stereocenters. The molecular weight excluding hydrogens is 456 g/mol. The number of aryl methyl sites for hydroxylation is 2. The molecule has 0 radical (unpaired) electrons. The normalized spacial score (nSPS) is 11.3. The van der Waals surface area contributed by atoms with E-state index in [4.69, 9.17) is 11.6 Å². The van der Waals surface area contributed by atoms with E-state index in [1.54, 1.807) is 28.7 Å². The summed E-state index contributed by atoms with van der Waals surface area (Å²) in [6.45, 7) is 5.44. The van der Waals surface area contributed by atoms with Crippen LogP contribution >= 0.6 is 11.6 Å². The number of anilines is 1. The molecule has 0 aliphatic rings. The molecule has 34 heavy (non-hydrogen) atoms. The number of para-hydroxylation sites is 2. The number of hydrogen-bond acceptors (Lipinski definition) is 5. The van der Waals surface area contributed by atoms with E-state index in [9.17, 15) is 14.4 Å². The lowest BCUT2D eigenvalue weighted by molar-refractivity contribution is -0.121. The number of carbonyl (C=O) groups excluding carboxylic acids is 2. The Bertz CT molecular complexity index is 1460. The lowest BCUT2D eigenvalue weighted by Gasteiger charge is -2.14. The Morgan fingerprint density at radius 2 is 1.79 bits per heavy atom. The van der Waals surface area contributed by atoms with Gasteiger partial charge in [0.2, 0.25) is 17.5 Å². The van der Waals surface area contributed by atoms with Gasteiger partial charge >= 0.3 is 0 Å². The number of aromatic nitrogens is 4. The number of rotatable bonds is 7. The molecule has 2 aromatic heterocycles. The lowest BCUT2D eigenvalue weighted by Crippen LogP contribution is -2.30. The van der Waals surface area contributed by atoms with E-state index in [0.717, 1.165) is 5.56 Å². The Hall–Kier alpha value is -3.72. The number of halogens is 1. The van der Waals surface area contributed by atoms with Crippen molar-refractivity contribution in [3.05, 3.63) is 69.2 Å². The predicted octanol–water partition coefficient (Wildman–Crippen LogP) is 3.10. The molecule has 0 saturated heterocycles. The topological polar surface area (TPSA) is 110 Å². The lowest BCUT2D eigenvalue weighted by atomic mass is 10.2. The van der Waals surface area contributed by atoms with E-state index in [1.807, 2.05) is 39.0 Å². The summed E-state index contributed by atoms with van der Waals surface area (Å²) < 4.78 is 3.04. The largest absolute Gasteiger partial charge is 0.354 e. The van der Waals surface area contributed by atoms with Crippen LogP contribution in [0.25, 0.3) is 16.7 Å². The third kappa shape index (κ3) is 4.79. The summed E-state index contributed by atoms with van der Waals surface area (Å²) in [7, 11) is 0. The summed E-state index contributed by atoms with van der Waals surface area (Å²) in [5, 5.41) is 14.4. The number of nitrogens with one attached hydrogen (secondary N) is 2. The van der Waals surface area contributed by atoms with Gasteiger partial charge in [0.05, 0.1) is 11.0 Å². The highest BCUT2D eigenvalue weighted by molar-refractivity contribution is 6.31. The second kappa shape index (κ2) is 9.64. The van der Waals surface area contributed by atoms with E-state index in [0.29, 0.717) is 34.0 Å². The van der Waals surface area contributed by atoms with Gasteiger partial charge in [0, 0.05) is 29.6 Å². The van der Waals surface area contributed by atoms with Gasteiger partial charge in [0.15, 0.2) is 0 Å². The first kappa shape index (κ1) is 23.4. The fourth-order valence-corrected chi connectivity index (χ4v) is 3.99. The number of carbonyl (C=O) groups is 2. The molecule has 10 heteroatoms. The average molecular weight is 481 g/mol. The van der Waals surface area contributed by atoms with Crippen molar-refractivity contribution in [2.24, 2.45) is 0 Å². The minimum atomic E-state index is -0.443. The molecule has 9 nitrogen and oxygen atoms in total. The van der Waals surface area contributed by atoms with Crippen LogP contribution in [0.4, 0.5) is 5.69 Å². The second-order valence-electron chi connectivity index (χ2n) is 8.38. The van der Waals surface area contributed by atoms with Crippen LogP contribution in [0.3, 0.4) is 0 Å². The molecule has 0 saturated carbocycles. The van der Waals surface area contributed by atoms with E-state index < -0.39 is 5.56 Å². The van der Waals surface area contributed by atoms with Gasteiger partial charge in [-0.3, -0.25) is 23.4 Å². The van der Waals surface area contributed by atoms with Crippen LogP contribution in [-0.4, -0.2) is 37.0 Å². The highest BCUT2D eigenvalue weighted by Crippen LogP contribution is 2.21. The second-order valence-corrected chi connectivity index (χ2v) is 8.82. The maximum Gasteiger partial charge on any atom is 0.297 e. The van der Waals surface area contributed by atoms with Crippen molar-refractivity contribution in [1.82, 2.24) is 24.5 Å². The molecular formula is C24H25ClN6O3. The minimum Gasteiger partial charge on any atom is -0.354 e. The third-order valence-electron chi connectivity index (χ3n) is 5.38. The molecule has 176 valence electrons. The molecule has 4 rings (SSSR count). The molecule has 0 aliphatic heterocycles. The van der Waals surface area contributed by atoms with Gasteiger partial charge < -0.3 is 10.6 Å². The van der Waals surface area contributed by atoms with Crippen LogP contribution in [0.2, 0.25) is 5.02 Å². The van der Waals surface area contributed by atoms with Crippen molar-refractivity contribution in [2.75, 3.05) is 5.32 Å². The Labute approximate surface area is 200 Å². The molecule has 2 heterocycles. The highest BCUT2D eigenvalue weighted by atomic mass is 35.5. The Kier molecular flexibility index (Phi) is 6.65. The number of benzene rings is 2. The van der Waals surface area contributed by atoms with Crippen molar-refractivity contribution in [3.8, 4) is 0 Å². The zero-order valence-corrected chi connectivity index (χ0v) is 19.9. The van der Waals surface area contributed by atoms with Gasteiger partial charge in [-0.1, -0.05) is 29.8 Å². The first-order chi connectivity index (χ1) is 16.2. The van der Waals surface area contributed by atoms with Gasteiger partial charge in [-0.05, 0) is 50.6 Å². The standard InChI is InChI=1S/C24H25ClN6O3/c1-14(2)26-21(32)11-10-20-28-29-23-24(34)30(18-6-4-5-7-19(18)31(20)23)13-22(33)27-17-12-16(25)9-8-15(17)3/h4-9,12,14H,10-11,13H2,1-3H3,(H,26,32)(H,27,33).